The minimum absolute atomic E-state index is 0.0370. The molecule has 0 saturated carbocycles. The first-order valence-electron chi connectivity index (χ1n) is 6.83. The van der Waals surface area contributed by atoms with Crippen molar-refractivity contribution in [1.82, 2.24) is 5.32 Å². The van der Waals surface area contributed by atoms with Crippen LogP contribution in [-0.4, -0.2) is 23.1 Å². The van der Waals surface area contributed by atoms with Gasteiger partial charge in [0.2, 0.25) is 5.91 Å². The van der Waals surface area contributed by atoms with Crippen LogP contribution in [0.15, 0.2) is 59.5 Å². The number of nitro groups is 1. The number of amides is 1. The molecule has 0 aliphatic rings. The summed E-state index contributed by atoms with van der Waals surface area (Å²) in [6, 6.07) is 15.6. The molecule has 0 aliphatic heterocycles. The number of nitro benzene ring substituents is 1. The van der Waals surface area contributed by atoms with Crippen molar-refractivity contribution < 1.29 is 9.72 Å². The average Bonchev–Trinajstić information content (AvgIpc) is 2.58. The van der Waals surface area contributed by atoms with Gasteiger partial charge in [0.05, 0.1) is 17.2 Å². The number of carbonyl (C=O) groups is 1. The fourth-order valence-electron chi connectivity index (χ4n) is 1.67. The predicted octanol–water partition coefficient (Wildman–Crippen LogP) is 2.85. The highest BCUT2D eigenvalue weighted by atomic mass is 32.2. The molecule has 0 unspecified atom stereocenters. The molecule has 0 fully saturated rings. The molecule has 2 aromatic carbocycles. The zero-order chi connectivity index (χ0) is 16.5. The van der Waals surface area contributed by atoms with Crippen LogP contribution < -0.4 is 5.32 Å². The number of thioether (sulfide) groups is 1. The Morgan fingerprint density at radius 1 is 1.13 bits per heavy atom. The second-order valence-electron chi connectivity index (χ2n) is 4.48. The summed E-state index contributed by atoms with van der Waals surface area (Å²) in [5.41, 5.74) is 0.942. The highest BCUT2D eigenvalue weighted by molar-refractivity contribution is 8.00. The van der Waals surface area contributed by atoms with Crippen molar-refractivity contribution in [2.24, 2.45) is 0 Å². The summed E-state index contributed by atoms with van der Waals surface area (Å²) < 4.78 is 0. The maximum absolute atomic E-state index is 11.7. The van der Waals surface area contributed by atoms with Gasteiger partial charge in [0.25, 0.3) is 5.69 Å². The minimum Gasteiger partial charge on any atom is -0.344 e. The lowest BCUT2D eigenvalue weighted by atomic mass is 10.2. The van der Waals surface area contributed by atoms with E-state index in [1.54, 1.807) is 12.1 Å². The smallest absolute Gasteiger partial charge is 0.269 e. The van der Waals surface area contributed by atoms with Gasteiger partial charge in [-0.3, -0.25) is 14.9 Å². The summed E-state index contributed by atoms with van der Waals surface area (Å²) in [6.45, 7) is 0.286. The maximum atomic E-state index is 11.7. The highest BCUT2D eigenvalue weighted by Crippen LogP contribution is 2.20. The number of carbonyl (C=O) groups excluding carboxylic acids is 1. The molecule has 0 radical (unpaired) electrons. The van der Waals surface area contributed by atoms with Gasteiger partial charge in [0.15, 0.2) is 0 Å². The third-order valence-electron chi connectivity index (χ3n) is 2.80. The van der Waals surface area contributed by atoms with Crippen LogP contribution in [0.2, 0.25) is 0 Å². The Labute approximate surface area is 138 Å². The first kappa shape index (κ1) is 16.6. The molecule has 0 spiro atoms. The molecule has 0 aliphatic carbocycles. The monoisotopic (exact) mass is 326 g/mol. The zero-order valence-electron chi connectivity index (χ0n) is 12.2. The minimum atomic E-state index is -0.452. The number of hydrogen-bond donors (Lipinski definition) is 1. The van der Waals surface area contributed by atoms with E-state index in [0.717, 1.165) is 10.5 Å². The first-order valence-corrected chi connectivity index (χ1v) is 7.81. The molecule has 6 heteroatoms. The van der Waals surface area contributed by atoms with Crippen LogP contribution >= 0.6 is 11.8 Å². The van der Waals surface area contributed by atoms with Gasteiger partial charge in [-0.2, -0.15) is 0 Å². The second-order valence-corrected chi connectivity index (χ2v) is 5.53. The van der Waals surface area contributed by atoms with Crippen LogP contribution in [0.3, 0.4) is 0 Å². The SMILES string of the molecule is O=C(CSc1ccc([N+](=O)[O-])cc1)NCC#Cc1ccccc1. The summed E-state index contributed by atoms with van der Waals surface area (Å²) in [6.07, 6.45) is 0. The van der Waals surface area contributed by atoms with Crippen LogP contribution in [0.1, 0.15) is 5.56 Å². The number of nitrogens with one attached hydrogen (secondary N) is 1. The van der Waals surface area contributed by atoms with Gasteiger partial charge in [-0.05, 0) is 24.3 Å². The standard InChI is InChI=1S/C17H14N2O3S/c20-17(18-12-4-7-14-5-2-1-3-6-14)13-23-16-10-8-15(9-11-16)19(21)22/h1-3,5-6,8-11H,12-13H2,(H,18,20). The zero-order valence-corrected chi connectivity index (χ0v) is 13.0. The lowest BCUT2D eigenvalue weighted by molar-refractivity contribution is -0.384. The normalized spacial score (nSPS) is 9.57. The molecule has 116 valence electrons. The molecule has 2 rings (SSSR count). The molecule has 0 aromatic heterocycles. The van der Waals surface area contributed by atoms with Crippen molar-refractivity contribution in [3.05, 3.63) is 70.3 Å². The predicted molar refractivity (Wildman–Crippen MR) is 90.2 cm³/mol. The van der Waals surface area contributed by atoms with E-state index in [2.05, 4.69) is 17.2 Å². The lowest BCUT2D eigenvalue weighted by Gasteiger charge is -2.01. The van der Waals surface area contributed by atoms with Gasteiger partial charge in [-0.1, -0.05) is 30.0 Å². The van der Waals surface area contributed by atoms with E-state index < -0.39 is 4.92 Å². The van der Waals surface area contributed by atoms with Crippen LogP contribution in [-0.2, 0) is 4.79 Å². The van der Waals surface area contributed by atoms with Crippen LogP contribution in [0.25, 0.3) is 0 Å². The number of nitrogens with zero attached hydrogens (tertiary/aromatic N) is 1. The van der Waals surface area contributed by atoms with Gasteiger partial charge in [0.1, 0.15) is 0 Å². The highest BCUT2D eigenvalue weighted by Gasteiger charge is 2.05. The molecular weight excluding hydrogens is 312 g/mol. The average molecular weight is 326 g/mol. The lowest BCUT2D eigenvalue weighted by Crippen LogP contribution is -2.25. The number of benzene rings is 2. The quantitative estimate of drug-likeness (QED) is 0.397. The molecule has 1 N–H and O–H groups in total. The Balaban J connectivity index is 1.73. The topological polar surface area (TPSA) is 72.2 Å². The van der Waals surface area contributed by atoms with Gasteiger partial charge >= 0.3 is 0 Å². The van der Waals surface area contributed by atoms with Crippen molar-refractivity contribution in [2.45, 2.75) is 4.90 Å². The third-order valence-corrected chi connectivity index (χ3v) is 3.81. The summed E-state index contributed by atoms with van der Waals surface area (Å²) in [4.78, 5) is 22.6. The molecule has 23 heavy (non-hydrogen) atoms. The fraction of sp³-hybridized carbons (Fsp3) is 0.118. The third kappa shape index (κ3) is 5.85. The molecule has 1 amide bonds. The molecular formula is C17H14N2O3S. The van der Waals surface area contributed by atoms with Crippen LogP contribution in [0.4, 0.5) is 5.69 Å². The molecule has 2 aromatic rings. The Morgan fingerprint density at radius 2 is 1.83 bits per heavy atom. The summed E-state index contributed by atoms with van der Waals surface area (Å²) in [7, 11) is 0. The van der Waals surface area contributed by atoms with Gasteiger partial charge in [0, 0.05) is 22.6 Å². The van der Waals surface area contributed by atoms with E-state index in [9.17, 15) is 14.9 Å². The largest absolute Gasteiger partial charge is 0.344 e. The van der Waals surface area contributed by atoms with E-state index in [1.165, 1.54) is 23.9 Å². The first-order chi connectivity index (χ1) is 11.1. The van der Waals surface area contributed by atoms with Crippen molar-refractivity contribution in [2.75, 3.05) is 12.3 Å². The summed E-state index contributed by atoms with van der Waals surface area (Å²) in [5, 5.41) is 13.3. The molecule has 0 saturated heterocycles. The van der Waals surface area contributed by atoms with Crippen molar-refractivity contribution >= 4 is 23.4 Å². The van der Waals surface area contributed by atoms with Gasteiger partial charge in [-0.25, -0.2) is 0 Å². The molecule has 5 nitrogen and oxygen atoms in total. The Morgan fingerprint density at radius 3 is 2.48 bits per heavy atom. The number of rotatable bonds is 5. The number of hydrogen-bond acceptors (Lipinski definition) is 4. The van der Waals surface area contributed by atoms with E-state index in [4.69, 9.17) is 0 Å². The van der Waals surface area contributed by atoms with E-state index in [0.29, 0.717) is 0 Å². The van der Waals surface area contributed by atoms with Crippen molar-refractivity contribution in [3.8, 4) is 11.8 Å². The van der Waals surface area contributed by atoms with E-state index >= 15 is 0 Å². The fourth-order valence-corrected chi connectivity index (χ4v) is 2.40. The summed E-state index contributed by atoms with van der Waals surface area (Å²) in [5.74, 6) is 5.95. The summed E-state index contributed by atoms with van der Waals surface area (Å²) >= 11 is 1.32. The van der Waals surface area contributed by atoms with Gasteiger partial charge < -0.3 is 5.32 Å². The van der Waals surface area contributed by atoms with E-state index in [-0.39, 0.29) is 23.9 Å². The van der Waals surface area contributed by atoms with Crippen LogP contribution in [0.5, 0.6) is 0 Å². The maximum Gasteiger partial charge on any atom is 0.269 e. The molecule has 0 heterocycles. The Kier molecular flexibility index (Phi) is 6.21. The van der Waals surface area contributed by atoms with Crippen molar-refractivity contribution in [3.63, 3.8) is 0 Å². The Bertz CT molecular complexity index is 734. The van der Waals surface area contributed by atoms with Gasteiger partial charge in [-0.15, -0.1) is 11.8 Å². The van der Waals surface area contributed by atoms with Crippen LogP contribution in [0, 0.1) is 22.0 Å². The van der Waals surface area contributed by atoms with Crippen molar-refractivity contribution in [1.29, 1.82) is 0 Å². The second kappa shape index (κ2) is 8.61. The number of non-ortho nitro benzene ring substituents is 1. The molecule has 0 bridgehead atoms. The molecule has 0 atom stereocenters. The van der Waals surface area contributed by atoms with E-state index in [1.807, 2.05) is 30.3 Å². The Hall–Kier alpha value is -2.78.